The molecule has 0 aliphatic rings. The zero-order valence-electron chi connectivity index (χ0n) is 13.3. The van der Waals surface area contributed by atoms with Crippen LogP contribution in [0.5, 0.6) is 0 Å². The molecule has 0 saturated heterocycles. The number of nitrogens with zero attached hydrogens (tertiary/aromatic N) is 1. The predicted octanol–water partition coefficient (Wildman–Crippen LogP) is 3.40. The maximum absolute atomic E-state index is 14.1. The van der Waals surface area contributed by atoms with Crippen LogP contribution in [0.25, 0.3) is 0 Å². The van der Waals surface area contributed by atoms with E-state index in [0.717, 1.165) is 11.1 Å². The highest BCUT2D eigenvalue weighted by Gasteiger charge is 2.06. The van der Waals surface area contributed by atoms with E-state index < -0.39 is 5.82 Å². The number of ether oxygens (including phenoxy) is 1. The van der Waals surface area contributed by atoms with Gasteiger partial charge >= 0.3 is 5.97 Å². The first-order valence-corrected chi connectivity index (χ1v) is 7.46. The van der Waals surface area contributed by atoms with Crippen molar-refractivity contribution in [2.75, 3.05) is 7.11 Å². The number of carbonyl (C=O) groups is 1. The van der Waals surface area contributed by atoms with Crippen molar-refractivity contribution >= 4 is 5.97 Å². The number of nitriles is 1. The molecule has 0 spiro atoms. The number of carbonyl (C=O) groups excluding carboxylic acids is 1. The first kappa shape index (κ1) is 17.2. The fourth-order valence-electron chi connectivity index (χ4n) is 2.19. The summed E-state index contributed by atoms with van der Waals surface area (Å²) in [5.74, 6) is 5.13. The van der Waals surface area contributed by atoms with Gasteiger partial charge in [0.05, 0.1) is 19.6 Å². The summed E-state index contributed by atoms with van der Waals surface area (Å²) in [6, 6.07) is 14.2. The molecule has 0 N–H and O–H groups in total. The van der Waals surface area contributed by atoms with E-state index in [2.05, 4.69) is 22.6 Å². The third-order valence-corrected chi connectivity index (χ3v) is 3.51. The van der Waals surface area contributed by atoms with Gasteiger partial charge in [0.2, 0.25) is 0 Å². The number of rotatable bonds is 4. The lowest BCUT2D eigenvalue weighted by atomic mass is 10.0. The molecule has 2 aromatic rings. The summed E-state index contributed by atoms with van der Waals surface area (Å²) >= 11 is 0. The number of methoxy groups -OCH3 is 1. The van der Waals surface area contributed by atoms with Crippen LogP contribution in [-0.4, -0.2) is 13.1 Å². The highest BCUT2D eigenvalue weighted by atomic mass is 19.1. The fourth-order valence-corrected chi connectivity index (χ4v) is 2.19. The SMILES string of the molecule is COC(=O)CCc1ccc(C#Cc2ccccc2CC#N)cc1F. The topological polar surface area (TPSA) is 50.1 Å². The molecule has 0 heterocycles. The molecule has 0 unspecified atom stereocenters. The van der Waals surface area contributed by atoms with Gasteiger partial charge in [-0.2, -0.15) is 5.26 Å². The van der Waals surface area contributed by atoms with E-state index >= 15 is 0 Å². The Morgan fingerprint density at radius 2 is 1.96 bits per heavy atom. The Balaban J connectivity index is 2.17. The van der Waals surface area contributed by atoms with Crippen LogP contribution in [0, 0.1) is 29.0 Å². The molecule has 0 aromatic heterocycles. The second-order valence-corrected chi connectivity index (χ2v) is 5.12. The number of esters is 1. The van der Waals surface area contributed by atoms with Gasteiger partial charge in [-0.25, -0.2) is 4.39 Å². The van der Waals surface area contributed by atoms with Crippen molar-refractivity contribution in [3.05, 3.63) is 70.5 Å². The van der Waals surface area contributed by atoms with E-state index in [-0.39, 0.29) is 25.2 Å². The number of aryl methyl sites for hydroxylation is 1. The Labute approximate surface area is 140 Å². The van der Waals surface area contributed by atoms with Crippen LogP contribution in [0.2, 0.25) is 0 Å². The predicted molar refractivity (Wildman–Crippen MR) is 88.5 cm³/mol. The van der Waals surface area contributed by atoms with Gasteiger partial charge in [-0.15, -0.1) is 0 Å². The van der Waals surface area contributed by atoms with E-state index in [9.17, 15) is 9.18 Å². The van der Waals surface area contributed by atoms with Crippen LogP contribution < -0.4 is 0 Å². The molecule has 0 fully saturated rings. The quantitative estimate of drug-likeness (QED) is 0.640. The minimum Gasteiger partial charge on any atom is -0.469 e. The molecule has 4 heteroatoms. The van der Waals surface area contributed by atoms with Gasteiger partial charge in [-0.05, 0) is 35.7 Å². The van der Waals surface area contributed by atoms with Crippen molar-refractivity contribution in [3.63, 3.8) is 0 Å². The highest BCUT2D eigenvalue weighted by Crippen LogP contribution is 2.13. The standard InChI is InChI=1S/C20H16FNO2/c1-24-20(23)11-10-18-9-7-15(14-19(18)21)6-8-16-4-2-3-5-17(16)12-13-22/h2-5,7,9,14H,10-12H2,1H3. The van der Waals surface area contributed by atoms with Gasteiger partial charge in [0.15, 0.2) is 0 Å². The van der Waals surface area contributed by atoms with Crippen molar-refractivity contribution in [3.8, 4) is 17.9 Å². The van der Waals surface area contributed by atoms with Gasteiger partial charge < -0.3 is 4.74 Å². The molecule has 0 aliphatic heterocycles. The maximum atomic E-state index is 14.1. The first-order chi connectivity index (χ1) is 11.6. The molecule has 0 saturated carbocycles. The third-order valence-electron chi connectivity index (χ3n) is 3.51. The number of benzene rings is 2. The highest BCUT2D eigenvalue weighted by molar-refractivity contribution is 5.69. The minimum atomic E-state index is -0.393. The van der Waals surface area contributed by atoms with Gasteiger partial charge in [-0.3, -0.25) is 4.79 Å². The minimum absolute atomic E-state index is 0.139. The molecule has 24 heavy (non-hydrogen) atoms. The maximum Gasteiger partial charge on any atom is 0.305 e. The van der Waals surface area contributed by atoms with Crippen LogP contribution in [0.15, 0.2) is 42.5 Å². The van der Waals surface area contributed by atoms with Gasteiger partial charge in [-0.1, -0.05) is 36.1 Å². The van der Waals surface area contributed by atoms with Crippen molar-refractivity contribution in [1.29, 1.82) is 5.26 Å². The molecule has 3 nitrogen and oxygen atoms in total. The van der Waals surface area contributed by atoms with Crippen molar-refractivity contribution < 1.29 is 13.9 Å². The van der Waals surface area contributed by atoms with E-state index in [1.807, 2.05) is 24.3 Å². The lowest BCUT2D eigenvalue weighted by molar-refractivity contribution is -0.140. The van der Waals surface area contributed by atoms with Crippen LogP contribution in [0.1, 0.15) is 28.7 Å². The third kappa shape index (κ3) is 4.69. The van der Waals surface area contributed by atoms with E-state index in [1.54, 1.807) is 12.1 Å². The Bertz CT molecular complexity index is 841. The summed E-state index contributed by atoms with van der Waals surface area (Å²) in [6.45, 7) is 0. The Kier molecular flexibility index (Phi) is 6.11. The van der Waals surface area contributed by atoms with Gasteiger partial charge in [0, 0.05) is 17.5 Å². The van der Waals surface area contributed by atoms with Crippen LogP contribution in [0.3, 0.4) is 0 Å². The summed E-state index contributed by atoms with van der Waals surface area (Å²) < 4.78 is 18.6. The number of hydrogen-bond acceptors (Lipinski definition) is 3. The number of halogens is 1. The molecule has 0 amide bonds. The van der Waals surface area contributed by atoms with Crippen molar-refractivity contribution in [1.82, 2.24) is 0 Å². The molecule has 2 aromatic carbocycles. The Hall–Kier alpha value is -3.11. The van der Waals surface area contributed by atoms with Crippen LogP contribution in [-0.2, 0) is 22.4 Å². The fraction of sp³-hybridized carbons (Fsp3) is 0.200. The van der Waals surface area contributed by atoms with E-state index in [0.29, 0.717) is 11.1 Å². The summed E-state index contributed by atoms with van der Waals surface area (Å²) in [7, 11) is 1.31. The zero-order valence-corrected chi connectivity index (χ0v) is 13.3. The number of hydrogen-bond donors (Lipinski definition) is 0. The summed E-state index contributed by atoms with van der Waals surface area (Å²) in [5, 5.41) is 8.82. The summed E-state index contributed by atoms with van der Waals surface area (Å²) in [6.07, 6.45) is 0.711. The van der Waals surface area contributed by atoms with Gasteiger partial charge in [0.25, 0.3) is 0 Å². The van der Waals surface area contributed by atoms with Crippen molar-refractivity contribution in [2.45, 2.75) is 19.3 Å². The molecule has 120 valence electrons. The van der Waals surface area contributed by atoms with Gasteiger partial charge in [0.1, 0.15) is 5.82 Å². The second kappa shape index (κ2) is 8.50. The Morgan fingerprint density at radius 1 is 1.17 bits per heavy atom. The molecule has 2 rings (SSSR count). The molecule has 0 aliphatic carbocycles. The normalized spacial score (nSPS) is 9.54. The van der Waals surface area contributed by atoms with Crippen LogP contribution >= 0.6 is 0 Å². The van der Waals surface area contributed by atoms with E-state index in [1.165, 1.54) is 13.2 Å². The first-order valence-electron chi connectivity index (χ1n) is 7.46. The lowest BCUT2D eigenvalue weighted by Gasteiger charge is -2.03. The summed E-state index contributed by atoms with van der Waals surface area (Å²) in [4.78, 5) is 11.1. The lowest BCUT2D eigenvalue weighted by Crippen LogP contribution is -2.03. The summed E-state index contributed by atoms with van der Waals surface area (Å²) in [5.41, 5.74) is 2.61. The molecule has 0 radical (unpaired) electrons. The monoisotopic (exact) mass is 321 g/mol. The van der Waals surface area contributed by atoms with Crippen molar-refractivity contribution in [2.24, 2.45) is 0 Å². The second-order valence-electron chi connectivity index (χ2n) is 5.12. The molecular weight excluding hydrogens is 305 g/mol. The van der Waals surface area contributed by atoms with Crippen LogP contribution in [0.4, 0.5) is 4.39 Å². The van der Waals surface area contributed by atoms with E-state index in [4.69, 9.17) is 5.26 Å². The molecule has 0 bridgehead atoms. The molecule has 0 atom stereocenters. The average Bonchev–Trinajstić information content (AvgIpc) is 2.60. The molecular formula is C20H16FNO2. The smallest absolute Gasteiger partial charge is 0.305 e. The zero-order chi connectivity index (χ0) is 17.4. The Morgan fingerprint density at radius 3 is 2.67 bits per heavy atom. The average molecular weight is 321 g/mol. The largest absolute Gasteiger partial charge is 0.469 e.